The largest absolute Gasteiger partial charge is 0.466 e. The van der Waals surface area contributed by atoms with Crippen LogP contribution >= 0.6 is 0 Å². The first-order chi connectivity index (χ1) is 7.72. The summed E-state index contributed by atoms with van der Waals surface area (Å²) in [6, 6.07) is 3.28. The Morgan fingerprint density at radius 3 is 2.88 bits per heavy atom. The quantitative estimate of drug-likeness (QED) is 0.745. The first-order valence-corrected chi connectivity index (χ1v) is 4.95. The zero-order valence-corrected chi connectivity index (χ0v) is 8.97. The fourth-order valence-corrected chi connectivity index (χ4v) is 1.02. The van der Waals surface area contributed by atoms with Gasteiger partial charge >= 0.3 is 5.97 Å². The standard InChI is InChI=1S/C10H13N3O3/c1-2-16-10(15)6-5-9(14)12-8-4-3-7-11-13-8/h3-4,7H,2,5-6H2,1H3,(H,12,13,14). The van der Waals surface area contributed by atoms with Crippen LogP contribution in [0.2, 0.25) is 0 Å². The fourth-order valence-electron chi connectivity index (χ4n) is 1.02. The van der Waals surface area contributed by atoms with Gasteiger partial charge in [0.1, 0.15) is 0 Å². The Labute approximate surface area is 93.0 Å². The van der Waals surface area contributed by atoms with Crippen LogP contribution in [0, 0.1) is 0 Å². The number of amides is 1. The summed E-state index contributed by atoms with van der Waals surface area (Å²) in [7, 11) is 0. The van der Waals surface area contributed by atoms with Crippen LogP contribution < -0.4 is 5.32 Å². The molecule has 0 saturated carbocycles. The van der Waals surface area contributed by atoms with Gasteiger partial charge < -0.3 is 10.1 Å². The smallest absolute Gasteiger partial charge is 0.306 e. The van der Waals surface area contributed by atoms with Gasteiger partial charge in [0.2, 0.25) is 5.91 Å². The predicted octanol–water partition coefficient (Wildman–Crippen LogP) is 0.758. The first-order valence-electron chi connectivity index (χ1n) is 4.95. The number of anilines is 1. The van der Waals surface area contributed by atoms with E-state index in [-0.39, 0.29) is 24.7 Å². The maximum absolute atomic E-state index is 11.3. The second kappa shape index (κ2) is 6.49. The highest BCUT2D eigenvalue weighted by Crippen LogP contribution is 2.01. The SMILES string of the molecule is CCOC(=O)CCC(=O)Nc1cccnn1. The van der Waals surface area contributed by atoms with Crippen molar-refractivity contribution in [1.82, 2.24) is 10.2 Å². The lowest BCUT2D eigenvalue weighted by Gasteiger charge is -2.03. The van der Waals surface area contributed by atoms with Crippen molar-refractivity contribution in [3.8, 4) is 0 Å². The predicted molar refractivity (Wildman–Crippen MR) is 56.5 cm³/mol. The molecule has 1 aromatic heterocycles. The fraction of sp³-hybridized carbons (Fsp3) is 0.400. The van der Waals surface area contributed by atoms with Crippen LogP contribution in [0.5, 0.6) is 0 Å². The molecule has 0 aliphatic heterocycles. The minimum absolute atomic E-state index is 0.0694. The number of nitrogens with zero attached hydrogens (tertiary/aromatic N) is 2. The van der Waals surface area contributed by atoms with Crippen molar-refractivity contribution >= 4 is 17.7 Å². The van der Waals surface area contributed by atoms with Gasteiger partial charge in [-0.1, -0.05) is 0 Å². The Morgan fingerprint density at radius 1 is 1.44 bits per heavy atom. The van der Waals surface area contributed by atoms with Crippen LogP contribution in [0.3, 0.4) is 0 Å². The van der Waals surface area contributed by atoms with Crippen molar-refractivity contribution in [3.63, 3.8) is 0 Å². The molecule has 1 aromatic rings. The van der Waals surface area contributed by atoms with E-state index < -0.39 is 0 Å². The van der Waals surface area contributed by atoms with Crippen LogP contribution in [0.25, 0.3) is 0 Å². The van der Waals surface area contributed by atoms with Gasteiger partial charge in [0.05, 0.1) is 13.0 Å². The highest BCUT2D eigenvalue weighted by molar-refractivity contribution is 5.91. The normalized spacial score (nSPS) is 9.56. The maximum Gasteiger partial charge on any atom is 0.306 e. The molecule has 6 nitrogen and oxygen atoms in total. The third kappa shape index (κ3) is 4.50. The lowest BCUT2D eigenvalue weighted by atomic mass is 10.3. The van der Waals surface area contributed by atoms with Crippen molar-refractivity contribution in [2.24, 2.45) is 0 Å². The van der Waals surface area contributed by atoms with Gasteiger partial charge in [-0.2, -0.15) is 5.10 Å². The van der Waals surface area contributed by atoms with E-state index in [9.17, 15) is 9.59 Å². The lowest BCUT2D eigenvalue weighted by molar-refractivity contribution is -0.144. The van der Waals surface area contributed by atoms with Gasteiger partial charge in [-0.3, -0.25) is 9.59 Å². The molecule has 0 aliphatic rings. The summed E-state index contributed by atoms with van der Waals surface area (Å²) in [6.07, 6.45) is 1.66. The molecule has 1 heterocycles. The third-order valence-corrected chi connectivity index (χ3v) is 1.70. The van der Waals surface area contributed by atoms with E-state index in [1.54, 1.807) is 19.1 Å². The number of nitrogens with one attached hydrogen (secondary N) is 1. The number of carbonyl (C=O) groups excluding carboxylic acids is 2. The summed E-state index contributed by atoms with van der Waals surface area (Å²) < 4.78 is 4.70. The molecule has 0 aliphatic carbocycles. The van der Waals surface area contributed by atoms with Crippen LogP contribution in [0.15, 0.2) is 18.3 Å². The number of esters is 1. The average Bonchev–Trinajstić information content (AvgIpc) is 2.28. The first kappa shape index (κ1) is 12.1. The summed E-state index contributed by atoms with van der Waals surface area (Å²) in [5, 5.41) is 9.81. The van der Waals surface area contributed by atoms with Gasteiger partial charge in [-0.15, -0.1) is 5.10 Å². The summed E-state index contributed by atoms with van der Waals surface area (Å²) in [5.74, 6) is -0.290. The summed E-state index contributed by atoms with van der Waals surface area (Å²) in [5.41, 5.74) is 0. The van der Waals surface area contributed by atoms with Crippen LogP contribution in [-0.2, 0) is 14.3 Å². The van der Waals surface area contributed by atoms with Crippen molar-refractivity contribution in [1.29, 1.82) is 0 Å². The van der Waals surface area contributed by atoms with E-state index in [1.807, 2.05) is 0 Å². The van der Waals surface area contributed by atoms with E-state index in [0.29, 0.717) is 12.4 Å². The second-order valence-electron chi connectivity index (χ2n) is 2.96. The van der Waals surface area contributed by atoms with Gasteiger partial charge in [0.15, 0.2) is 5.82 Å². The second-order valence-corrected chi connectivity index (χ2v) is 2.96. The molecule has 0 radical (unpaired) electrons. The molecular formula is C10H13N3O3. The van der Waals surface area contributed by atoms with Crippen LogP contribution in [0.4, 0.5) is 5.82 Å². The van der Waals surface area contributed by atoms with Crippen LogP contribution in [-0.4, -0.2) is 28.7 Å². The summed E-state index contributed by atoms with van der Waals surface area (Å²) in [4.78, 5) is 22.3. The number of carbonyl (C=O) groups is 2. The Balaban J connectivity index is 2.29. The topological polar surface area (TPSA) is 81.2 Å². The lowest BCUT2D eigenvalue weighted by Crippen LogP contribution is -2.15. The molecule has 0 aromatic carbocycles. The Morgan fingerprint density at radius 2 is 2.25 bits per heavy atom. The zero-order valence-electron chi connectivity index (χ0n) is 8.97. The molecule has 0 fully saturated rings. The molecular weight excluding hydrogens is 210 g/mol. The number of rotatable bonds is 5. The van der Waals surface area contributed by atoms with E-state index in [1.165, 1.54) is 6.20 Å². The molecule has 1 N–H and O–H groups in total. The van der Waals surface area contributed by atoms with Gasteiger partial charge in [-0.25, -0.2) is 0 Å². The van der Waals surface area contributed by atoms with E-state index >= 15 is 0 Å². The molecule has 0 bridgehead atoms. The minimum Gasteiger partial charge on any atom is -0.466 e. The number of hydrogen-bond acceptors (Lipinski definition) is 5. The van der Waals surface area contributed by atoms with E-state index in [2.05, 4.69) is 15.5 Å². The van der Waals surface area contributed by atoms with Gasteiger partial charge in [0.25, 0.3) is 0 Å². The van der Waals surface area contributed by atoms with Crippen LogP contribution in [0.1, 0.15) is 19.8 Å². The molecule has 86 valence electrons. The molecule has 1 amide bonds. The van der Waals surface area contributed by atoms with Crippen molar-refractivity contribution < 1.29 is 14.3 Å². The minimum atomic E-state index is -0.378. The molecule has 6 heteroatoms. The zero-order chi connectivity index (χ0) is 11.8. The summed E-state index contributed by atoms with van der Waals surface area (Å²) in [6.45, 7) is 2.04. The average molecular weight is 223 g/mol. The molecule has 0 spiro atoms. The number of aromatic nitrogens is 2. The highest BCUT2D eigenvalue weighted by atomic mass is 16.5. The Bertz CT molecular complexity index is 354. The van der Waals surface area contributed by atoms with Crippen molar-refractivity contribution in [3.05, 3.63) is 18.3 Å². The summed E-state index contributed by atoms with van der Waals surface area (Å²) >= 11 is 0. The number of hydrogen-bond donors (Lipinski definition) is 1. The van der Waals surface area contributed by atoms with Crippen molar-refractivity contribution in [2.75, 3.05) is 11.9 Å². The molecule has 0 atom stereocenters. The monoisotopic (exact) mass is 223 g/mol. The third-order valence-electron chi connectivity index (χ3n) is 1.70. The number of ether oxygens (including phenoxy) is 1. The molecule has 16 heavy (non-hydrogen) atoms. The Hall–Kier alpha value is -1.98. The van der Waals surface area contributed by atoms with Gasteiger partial charge in [0, 0.05) is 12.6 Å². The molecule has 0 saturated heterocycles. The van der Waals surface area contributed by atoms with E-state index in [4.69, 9.17) is 4.74 Å². The maximum atomic E-state index is 11.3. The van der Waals surface area contributed by atoms with Gasteiger partial charge in [-0.05, 0) is 19.1 Å². The van der Waals surface area contributed by atoms with E-state index in [0.717, 1.165) is 0 Å². The Kier molecular flexibility index (Phi) is 4.91. The molecule has 0 unspecified atom stereocenters. The highest BCUT2D eigenvalue weighted by Gasteiger charge is 2.07. The van der Waals surface area contributed by atoms with Crippen molar-refractivity contribution in [2.45, 2.75) is 19.8 Å². The molecule has 1 rings (SSSR count).